The van der Waals surface area contributed by atoms with Crippen LogP contribution in [0, 0.1) is 0 Å². The fraction of sp³-hybridized carbons (Fsp3) is 0.636. The average Bonchev–Trinajstić information content (AvgIpc) is 2.60. The maximum absolute atomic E-state index is 12.1. The van der Waals surface area contributed by atoms with Gasteiger partial charge in [0.2, 0.25) is 0 Å². The molecule has 162 valence electrons. The summed E-state index contributed by atoms with van der Waals surface area (Å²) in [6.07, 6.45) is 1.47. The van der Waals surface area contributed by atoms with E-state index in [9.17, 15) is 9.59 Å². The molecule has 1 aromatic rings. The van der Waals surface area contributed by atoms with Crippen molar-refractivity contribution in [1.29, 1.82) is 0 Å². The Kier molecular flexibility index (Phi) is 7.38. The molecule has 0 saturated carbocycles. The van der Waals surface area contributed by atoms with Gasteiger partial charge < -0.3 is 24.4 Å². The van der Waals surface area contributed by atoms with E-state index in [-0.39, 0.29) is 6.04 Å². The summed E-state index contributed by atoms with van der Waals surface area (Å²) in [4.78, 5) is 26.4. The number of nitrogens with zero attached hydrogens (tertiary/aromatic N) is 1. The van der Waals surface area contributed by atoms with Crippen molar-refractivity contribution in [3.8, 4) is 5.75 Å². The predicted octanol–water partition coefficient (Wildman–Crippen LogP) is 3.90. The second kappa shape index (κ2) is 9.37. The average molecular weight is 407 g/mol. The zero-order chi connectivity index (χ0) is 21.7. The highest BCUT2D eigenvalue weighted by atomic mass is 16.6. The lowest BCUT2D eigenvalue weighted by atomic mass is 10.0. The van der Waals surface area contributed by atoms with Gasteiger partial charge in [0.05, 0.1) is 6.61 Å². The number of carbonyl (C=O) groups is 2. The predicted molar refractivity (Wildman–Crippen MR) is 112 cm³/mol. The fourth-order valence-electron chi connectivity index (χ4n) is 3.19. The maximum Gasteiger partial charge on any atom is 0.407 e. The molecule has 0 bridgehead atoms. The minimum Gasteiger partial charge on any atom is -0.476 e. The van der Waals surface area contributed by atoms with Crippen LogP contribution in [0.4, 0.5) is 10.5 Å². The lowest BCUT2D eigenvalue weighted by Gasteiger charge is -2.35. The van der Waals surface area contributed by atoms with Gasteiger partial charge in [-0.25, -0.2) is 9.59 Å². The largest absolute Gasteiger partial charge is 0.476 e. The van der Waals surface area contributed by atoms with Gasteiger partial charge in [-0.05, 0) is 66.5 Å². The first-order chi connectivity index (χ1) is 13.5. The van der Waals surface area contributed by atoms with Gasteiger partial charge in [-0.3, -0.25) is 0 Å². The molecule has 1 atom stereocenters. The number of piperidine rings is 1. The number of ether oxygens (including phenoxy) is 3. The molecule has 1 N–H and O–H groups in total. The summed E-state index contributed by atoms with van der Waals surface area (Å²) >= 11 is 0. The monoisotopic (exact) mass is 406 g/mol. The first-order valence-electron chi connectivity index (χ1n) is 10.2. The number of anilines is 1. The Bertz CT molecular complexity index is 711. The number of carbonyl (C=O) groups excluding carboxylic acids is 2. The Morgan fingerprint density at radius 3 is 2.59 bits per heavy atom. The molecule has 0 aromatic heterocycles. The van der Waals surface area contributed by atoms with Crippen LogP contribution < -0.4 is 15.0 Å². The van der Waals surface area contributed by atoms with Crippen LogP contribution >= 0.6 is 0 Å². The summed E-state index contributed by atoms with van der Waals surface area (Å²) in [5, 5.41) is 2.96. The molecule has 1 aromatic carbocycles. The molecule has 7 nitrogen and oxygen atoms in total. The smallest absolute Gasteiger partial charge is 0.407 e. The van der Waals surface area contributed by atoms with Crippen molar-refractivity contribution in [2.75, 3.05) is 24.6 Å². The van der Waals surface area contributed by atoms with Crippen LogP contribution in [-0.4, -0.2) is 49.0 Å². The zero-order valence-electron chi connectivity index (χ0n) is 18.4. The molecule has 1 unspecified atom stereocenters. The number of alkyl carbamates (subject to hydrolysis) is 1. The first-order valence-corrected chi connectivity index (χ1v) is 10.2. The van der Waals surface area contributed by atoms with E-state index >= 15 is 0 Å². The lowest BCUT2D eigenvalue weighted by Crippen LogP contribution is -2.49. The molecule has 0 aliphatic carbocycles. The van der Waals surface area contributed by atoms with Crippen molar-refractivity contribution in [3.63, 3.8) is 0 Å². The minimum atomic E-state index is -1.07. The van der Waals surface area contributed by atoms with E-state index in [4.69, 9.17) is 14.2 Å². The van der Waals surface area contributed by atoms with Crippen LogP contribution in [-0.2, 0) is 14.3 Å². The van der Waals surface area contributed by atoms with Crippen molar-refractivity contribution in [2.45, 2.75) is 71.6 Å². The van der Waals surface area contributed by atoms with E-state index < -0.39 is 23.3 Å². The molecule has 29 heavy (non-hydrogen) atoms. The summed E-state index contributed by atoms with van der Waals surface area (Å²) in [6.45, 7) is 12.6. The molecule has 7 heteroatoms. The molecule has 1 amide bonds. The SMILES string of the molecule is CCOC(=O)C(C)(C)Oc1cccc(N2CCCC(NC(=O)OC(C)(C)C)C2)c1. The van der Waals surface area contributed by atoms with Gasteiger partial charge in [0.25, 0.3) is 0 Å². The topological polar surface area (TPSA) is 77.1 Å². The highest BCUT2D eigenvalue weighted by Gasteiger charge is 2.32. The number of benzene rings is 1. The van der Waals surface area contributed by atoms with Gasteiger partial charge in [0.15, 0.2) is 5.60 Å². The summed E-state index contributed by atoms with van der Waals surface area (Å²) in [5.74, 6) is 0.202. The van der Waals surface area contributed by atoms with Crippen LogP contribution in [0.5, 0.6) is 5.75 Å². The van der Waals surface area contributed by atoms with E-state index in [0.717, 1.165) is 25.1 Å². The van der Waals surface area contributed by atoms with Gasteiger partial charge in [-0.2, -0.15) is 0 Å². The van der Waals surface area contributed by atoms with Crippen molar-refractivity contribution in [3.05, 3.63) is 24.3 Å². The molecule has 1 aliphatic rings. The number of amides is 1. The number of hydrogen-bond acceptors (Lipinski definition) is 6. The Morgan fingerprint density at radius 1 is 1.21 bits per heavy atom. The second-order valence-corrected chi connectivity index (χ2v) is 8.76. The van der Waals surface area contributed by atoms with Gasteiger partial charge >= 0.3 is 12.1 Å². The molecular weight excluding hydrogens is 372 g/mol. The van der Waals surface area contributed by atoms with Gasteiger partial charge in [0.1, 0.15) is 11.4 Å². The third kappa shape index (κ3) is 7.15. The van der Waals surface area contributed by atoms with Crippen molar-refractivity contribution in [2.24, 2.45) is 0 Å². The van der Waals surface area contributed by atoms with Crippen LogP contribution in [0.25, 0.3) is 0 Å². The lowest BCUT2D eigenvalue weighted by molar-refractivity contribution is -0.158. The normalized spacial score (nSPS) is 17.4. The zero-order valence-corrected chi connectivity index (χ0v) is 18.4. The van der Waals surface area contributed by atoms with Crippen LogP contribution in [0.1, 0.15) is 54.4 Å². The Balaban J connectivity index is 2.02. The Hall–Kier alpha value is -2.44. The van der Waals surface area contributed by atoms with Crippen LogP contribution in [0.3, 0.4) is 0 Å². The summed E-state index contributed by atoms with van der Waals surface area (Å²) in [7, 11) is 0. The molecule has 1 fully saturated rings. The molecule has 1 saturated heterocycles. The van der Waals surface area contributed by atoms with Crippen molar-refractivity contribution < 1.29 is 23.8 Å². The number of rotatable bonds is 6. The maximum atomic E-state index is 12.1. The fourth-order valence-corrected chi connectivity index (χ4v) is 3.19. The summed E-state index contributed by atoms with van der Waals surface area (Å²) < 4.78 is 16.4. The number of esters is 1. The van der Waals surface area contributed by atoms with E-state index in [1.165, 1.54) is 0 Å². The highest BCUT2D eigenvalue weighted by Crippen LogP contribution is 2.27. The molecule has 1 heterocycles. The Morgan fingerprint density at radius 2 is 1.93 bits per heavy atom. The molecule has 2 rings (SSSR count). The van der Waals surface area contributed by atoms with Crippen LogP contribution in [0.15, 0.2) is 24.3 Å². The van der Waals surface area contributed by atoms with E-state index in [0.29, 0.717) is 18.9 Å². The van der Waals surface area contributed by atoms with Crippen molar-refractivity contribution in [1.82, 2.24) is 5.32 Å². The van der Waals surface area contributed by atoms with Gasteiger partial charge in [0, 0.05) is 30.9 Å². The first kappa shape index (κ1) is 22.8. The minimum absolute atomic E-state index is 0.0131. The highest BCUT2D eigenvalue weighted by molar-refractivity contribution is 5.79. The number of hydrogen-bond donors (Lipinski definition) is 1. The van der Waals surface area contributed by atoms with Crippen LogP contribution in [0.2, 0.25) is 0 Å². The third-order valence-electron chi connectivity index (χ3n) is 4.47. The second-order valence-electron chi connectivity index (χ2n) is 8.76. The van der Waals surface area contributed by atoms with E-state index in [1.807, 2.05) is 45.0 Å². The van der Waals surface area contributed by atoms with Gasteiger partial charge in [-0.15, -0.1) is 0 Å². The molecular formula is C22H34N2O5. The van der Waals surface area contributed by atoms with Gasteiger partial charge in [-0.1, -0.05) is 6.07 Å². The quantitative estimate of drug-likeness (QED) is 0.722. The Labute approximate surface area is 173 Å². The summed E-state index contributed by atoms with van der Waals surface area (Å²) in [5.41, 5.74) is -0.606. The molecule has 1 aliphatic heterocycles. The molecule has 0 spiro atoms. The molecule has 0 radical (unpaired) electrons. The third-order valence-corrected chi connectivity index (χ3v) is 4.47. The standard InChI is InChI=1S/C22H34N2O5/c1-7-27-19(25)22(5,6)28-18-12-8-11-17(14-18)24-13-9-10-16(15-24)23-20(26)29-21(2,3)4/h8,11-12,14,16H,7,9-10,13,15H2,1-6H3,(H,23,26). The van der Waals surface area contributed by atoms with E-state index in [2.05, 4.69) is 10.2 Å². The van der Waals surface area contributed by atoms with Crippen molar-refractivity contribution >= 4 is 17.7 Å². The number of nitrogens with one attached hydrogen (secondary N) is 1. The summed E-state index contributed by atoms with van der Waals surface area (Å²) in [6, 6.07) is 7.65. The van der Waals surface area contributed by atoms with E-state index in [1.54, 1.807) is 20.8 Å².